The van der Waals surface area contributed by atoms with Gasteiger partial charge in [0.25, 0.3) is 11.8 Å². The number of hydrogen-bond donors (Lipinski definition) is 5. The van der Waals surface area contributed by atoms with Gasteiger partial charge >= 0.3 is 0 Å². The fraction of sp³-hybridized carbons (Fsp3) is 0.452. The quantitative estimate of drug-likeness (QED) is 0.232. The normalized spacial score (nSPS) is 18.2. The molecule has 1 aliphatic carbocycles. The van der Waals surface area contributed by atoms with Crippen molar-refractivity contribution >= 4 is 29.4 Å². The van der Waals surface area contributed by atoms with Gasteiger partial charge in [-0.3, -0.25) is 24.0 Å². The van der Waals surface area contributed by atoms with Crippen LogP contribution in [-0.2, 0) is 29.6 Å². The van der Waals surface area contributed by atoms with Crippen LogP contribution in [0, 0.1) is 11.8 Å². The maximum Gasteiger partial charge on any atom is 0.289 e. The maximum atomic E-state index is 13.8. The number of nitrogens with one attached hydrogen (secondary N) is 4. The molecule has 1 saturated carbocycles. The molecular formula is C31H38N4O6. The van der Waals surface area contributed by atoms with E-state index < -0.39 is 47.1 Å². The molecule has 2 aliphatic rings. The highest BCUT2D eigenvalue weighted by Crippen LogP contribution is 2.30. The molecule has 4 rings (SSSR count). The Morgan fingerprint density at radius 1 is 0.902 bits per heavy atom. The predicted octanol–water partition coefficient (Wildman–Crippen LogP) is 1.31. The van der Waals surface area contributed by atoms with Crippen LogP contribution in [0.4, 0.5) is 0 Å². The van der Waals surface area contributed by atoms with Crippen LogP contribution in [-0.4, -0.2) is 59.2 Å². The molecule has 10 heteroatoms. The molecule has 1 heterocycles. The minimum absolute atomic E-state index is 0.0329. The zero-order valence-electron chi connectivity index (χ0n) is 23.4. The molecule has 218 valence electrons. The topological polar surface area (TPSA) is 154 Å². The summed E-state index contributed by atoms with van der Waals surface area (Å²) in [5.74, 6) is -3.92. The van der Waals surface area contributed by atoms with Crippen molar-refractivity contribution in [1.82, 2.24) is 21.3 Å². The van der Waals surface area contributed by atoms with Gasteiger partial charge in [0.05, 0.1) is 6.04 Å². The second kappa shape index (κ2) is 13.1. The Labute approximate surface area is 239 Å². The molecule has 2 aromatic rings. The highest BCUT2D eigenvalue weighted by molar-refractivity contribution is 6.38. The van der Waals surface area contributed by atoms with Gasteiger partial charge in [-0.15, -0.1) is 0 Å². The number of carbonyl (C=O) groups excluding carboxylic acids is 5. The third-order valence-electron chi connectivity index (χ3n) is 7.49. The molecule has 10 nitrogen and oxygen atoms in total. The van der Waals surface area contributed by atoms with Gasteiger partial charge in [0.1, 0.15) is 6.04 Å². The molecule has 3 atom stereocenters. The van der Waals surface area contributed by atoms with Crippen molar-refractivity contribution < 1.29 is 29.1 Å². The van der Waals surface area contributed by atoms with Gasteiger partial charge in [0, 0.05) is 18.5 Å². The van der Waals surface area contributed by atoms with Crippen LogP contribution >= 0.6 is 0 Å². The number of ketones is 1. The SMILES string of the molecule is CC(C)C[C@@H](NC(=O)C(O)(c1ccccc1)c1ccccc1)C(=O)N[C@H](C[C@H]1CCNC1=O)C(=O)C(=O)NC1CC1. The maximum absolute atomic E-state index is 13.8. The van der Waals surface area contributed by atoms with Gasteiger partial charge in [-0.05, 0) is 49.1 Å². The highest BCUT2D eigenvalue weighted by Gasteiger charge is 2.42. The zero-order chi connectivity index (χ0) is 29.6. The van der Waals surface area contributed by atoms with E-state index in [0.717, 1.165) is 12.8 Å². The Balaban J connectivity index is 1.58. The first-order valence-corrected chi connectivity index (χ1v) is 14.2. The van der Waals surface area contributed by atoms with E-state index in [1.54, 1.807) is 60.7 Å². The van der Waals surface area contributed by atoms with Gasteiger partial charge in [-0.1, -0.05) is 74.5 Å². The van der Waals surface area contributed by atoms with Crippen LogP contribution in [0.3, 0.4) is 0 Å². The smallest absolute Gasteiger partial charge is 0.289 e. The van der Waals surface area contributed by atoms with Crippen LogP contribution in [0.2, 0.25) is 0 Å². The summed E-state index contributed by atoms with van der Waals surface area (Å²) < 4.78 is 0. The zero-order valence-corrected chi connectivity index (χ0v) is 23.4. The Bertz CT molecular complexity index is 1220. The Kier molecular flexibility index (Phi) is 9.54. The van der Waals surface area contributed by atoms with Gasteiger partial charge in [-0.25, -0.2) is 0 Å². The number of rotatable bonds is 13. The van der Waals surface area contributed by atoms with Crippen LogP contribution in [0.25, 0.3) is 0 Å². The molecule has 0 radical (unpaired) electrons. The molecule has 0 aromatic heterocycles. The molecule has 1 saturated heterocycles. The van der Waals surface area contributed by atoms with Crippen molar-refractivity contribution in [2.45, 2.75) is 69.7 Å². The van der Waals surface area contributed by atoms with Gasteiger partial charge in [-0.2, -0.15) is 0 Å². The van der Waals surface area contributed by atoms with Crippen molar-refractivity contribution in [3.63, 3.8) is 0 Å². The van der Waals surface area contributed by atoms with E-state index in [-0.39, 0.29) is 30.7 Å². The molecule has 2 fully saturated rings. The molecule has 5 N–H and O–H groups in total. The van der Waals surface area contributed by atoms with Gasteiger partial charge in [0.2, 0.25) is 17.6 Å². The molecule has 0 bridgehead atoms. The van der Waals surface area contributed by atoms with E-state index in [1.165, 1.54) is 0 Å². The van der Waals surface area contributed by atoms with Crippen molar-refractivity contribution in [2.24, 2.45) is 11.8 Å². The third kappa shape index (κ3) is 7.38. The molecular weight excluding hydrogens is 524 g/mol. The molecule has 41 heavy (non-hydrogen) atoms. The number of carbonyl (C=O) groups is 5. The first kappa shape index (κ1) is 29.9. The van der Waals surface area contributed by atoms with E-state index in [0.29, 0.717) is 24.1 Å². The average Bonchev–Trinajstić information content (AvgIpc) is 3.70. The lowest BCUT2D eigenvalue weighted by molar-refractivity contribution is -0.142. The van der Waals surface area contributed by atoms with Gasteiger partial charge < -0.3 is 26.4 Å². The predicted molar refractivity (Wildman–Crippen MR) is 151 cm³/mol. The molecule has 2 aromatic carbocycles. The molecule has 4 amide bonds. The summed E-state index contributed by atoms with van der Waals surface area (Å²) in [4.78, 5) is 65.5. The van der Waals surface area contributed by atoms with Crippen molar-refractivity contribution in [3.8, 4) is 0 Å². The summed E-state index contributed by atoms with van der Waals surface area (Å²) in [5, 5.41) is 22.6. The number of amides is 4. The first-order chi connectivity index (χ1) is 19.6. The van der Waals surface area contributed by atoms with Crippen molar-refractivity contribution in [2.75, 3.05) is 6.54 Å². The second-order valence-corrected chi connectivity index (χ2v) is 11.3. The molecule has 0 unspecified atom stereocenters. The van der Waals surface area contributed by atoms with E-state index in [2.05, 4.69) is 21.3 Å². The summed E-state index contributed by atoms with van der Waals surface area (Å²) >= 11 is 0. The Hall–Kier alpha value is -4.05. The van der Waals surface area contributed by atoms with E-state index in [1.807, 2.05) is 13.8 Å². The fourth-order valence-corrected chi connectivity index (χ4v) is 5.05. The summed E-state index contributed by atoms with van der Waals surface area (Å²) in [7, 11) is 0. The molecule has 1 aliphatic heterocycles. The van der Waals surface area contributed by atoms with E-state index in [9.17, 15) is 29.1 Å². The Morgan fingerprint density at radius 3 is 1.98 bits per heavy atom. The largest absolute Gasteiger partial charge is 0.372 e. The number of Topliss-reactive ketones (excluding diaryl/α,β-unsaturated/α-hetero) is 1. The summed E-state index contributed by atoms with van der Waals surface area (Å²) in [6.45, 7) is 4.21. The van der Waals surface area contributed by atoms with Crippen LogP contribution in [0.15, 0.2) is 60.7 Å². The standard InChI is InChI=1S/C31H38N4O6/c1-19(2)17-25(35-30(40)31(41,21-9-5-3-6-10-21)22-11-7-4-8-12-22)28(38)34-24(18-20-15-16-32-27(20)37)26(36)29(39)33-23-13-14-23/h3-12,19-20,23-25,41H,13-18H2,1-2H3,(H,32,37)(H,33,39)(H,34,38)(H,35,40)/t20-,24-,25-/m1/s1. The molecule has 0 spiro atoms. The number of benzene rings is 2. The third-order valence-corrected chi connectivity index (χ3v) is 7.49. The van der Waals surface area contributed by atoms with Crippen molar-refractivity contribution in [3.05, 3.63) is 71.8 Å². The average molecular weight is 563 g/mol. The second-order valence-electron chi connectivity index (χ2n) is 11.3. The highest BCUT2D eigenvalue weighted by atomic mass is 16.3. The lowest BCUT2D eigenvalue weighted by Crippen LogP contribution is -2.57. The van der Waals surface area contributed by atoms with E-state index >= 15 is 0 Å². The van der Waals surface area contributed by atoms with Crippen LogP contribution in [0.5, 0.6) is 0 Å². The minimum atomic E-state index is -2.10. The summed E-state index contributed by atoms with van der Waals surface area (Å²) in [5.41, 5.74) is -1.45. The van der Waals surface area contributed by atoms with E-state index in [4.69, 9.17) is 0 Å². The fourth-order valence-electron chi connectivity index (χ4n) is 5.05. The van der Waals surface area contributed by atoms with Crippen LogP contribution in [0.1, 0.15) is 57.1 Å². The number of hydrogen-bond acceptors (Lipinski definition) is 6. The van der Waals surface area contributed by atoms with Gasteiger partial charge in [0.15, 0.2) is 5.60 Å². The minimum Gasteiger partial charge on any atom is -0.372 e. The van der Waals surface area contributed by atoms with Crippen molar-refractivity contribution in [1.29, 1.82) is 0 Å². The number of aliphatic hydroxyl groups is 1. The summed E-state index contributed by atoms with van der Waals surface area (Å²) in [6, 6.07) is 14.4. The lowest BCUT2D eigenvalue weighted by Gasteiger charge is -2.31. The Morgan fingerprint density at radius 2 is 1.49 bits per heavy atom. The summed E-state index contributed by atoms with van der Waals surface area (Å²) in [6.07, 6.45) is 2.23. The monoisotopic (exact) mass is 562 g/mol. The van der Waals surface area contributed by atoms with Crippen LogP contribution < -0.4 is 21.3 Å². The first-order valence-electron chi connectivity index (χ1n) is 14.2. The lowest BCUT2D eigenvalue weighted by atomic mass is 9.85.